The average Bonchev–Trinajstić information content (AvgIpc) is 3.36. The van der Waals surface area contributed by atoms with Crippen LogP contribution in [0.5, 0.6) is 0 Å². The molecule has 4 heteroatoms. The van der Waals surface area contributed by atoms with Crippen LogP contribution in [-0.2, 0) is 9.53 Å². The van der Waals surface area contributed by atoms with Crippen LogP contribution in [0.1, 0.15) is 113 Å². The Kier molecular flexibility index (Phi) is 6.93. The topological polar surface area (TPSA) is 26.3 Å². The van der Waals surface area contributed by atoms with E-state index in [0.717, 1.165) is 54.8 Å². The SMILES string of the molecule is CC(=O)O[C@H]1CC[C@]2(C)[C@H]3CC[C@]4(C)[C@@H]([C@H](C)[C@H]5C[C@]5(C)C(C)C(C)C)CC[C@H]4[C@@H]3CC(Cl)[C@@]2(Cl)C1. The molecule has 0 aromatic rings. The molecule has 206 valence electrons. The van der Waals surface area contributed by atoms with Gasteiger partial charge in [-0.25, -0.2) is 0 Å². The number of halogens is 2. The second-order valence-corrected chi connectivity index (χ2v) is 16.5. The Balaban J connectivity index is 1.35. The lowest BCUT2D eigenvalue weighted by Gasteiger charge is -2.65. The maximum absolute atomic E-state index is 11.7. The molecule has 0 radical (unpaired) electrons. The van der Waals surface area contributed by atoms with Crippen molar-refractivity contribution in [1.82, 2.24) is 0 Å². The molecule has 36 heavy (non-hydrogen) atoms. The van der Waals surface area contributed by atoms with Gasteiger partial charge in [-0.3, -0.25) is 4.79 Å². The molecule has 0 bridgehead atoms. The first-order valence-corrected chi connectivity index (χ1v) is 16.0. The molecule has 5 rings (SSSR count). The molecule has 0 spiro atoms. The van der Waals surface area contributed by atoms with Crippen LogP contribution >= 0.6 is 23.2 Å². The molecule has 2 unspecified atom stereocenters. The van der Waals surface area contributed by atoms with Gasteiger partial charge in [0.2, 0.25) is 0 Å². The molecular formula is C32H52Cl2O2. The summed E-state index contributed by atoms with van der Waals surface area (Å²) < 4.78 is 5.66. The molecular weight excluding hydrogens is 487 g/mol. The van der Waals surface area contributed by atoms with Gasteiger partial charge in [0, 0.05) is 13.3 Å². The molecule has 13 atom stereocenters. The van der Waals surface area contributed by atoms with Crippen LogP contribution in [0.2, 0.25) is 0 Å². The third-order valence-electron chi connectivity index (χ3n) is 13.8. The van der Waals surface area contributed by atoms with Crippen molar-refractivity contribution in [2.45, 2.75) is 130 Å². The predicted molar refractivity (Wildman–Crippen MR) is 150 cm³/mol. The minimum Gasteiger partial charge on any atom is -0.462 e. The van der Waals surface area contributed by atoms with Crippen molar-refractivity contribution in [3.05, 3.63) is 0 Å². The number of alkyl halides is 2. The lowest BCUT2D eigenvalue weighted by Crippen LogP contribution is -2.65. The molecule has 5 saturated carbocycles. The fraction of sp³-hybridized carbons (Fsp3) is 0.969. The van der Waals surface area contributed by atoms with E-state index in [-0.39, 0.29) is 22.9 Å². The molecule has 5 aliphatic carbocycles. The van der Waals surface area contributed by atoms with Crippen LogP contribution in [0.15, 0.2) is 0 Å². The fourth-order valence-electron chi connectivity index (χ4n) is 11.2. The summed E-state index contributed by atoms with van der Waals surface area (Å²) in [6, 6.07) is 0. The highest BCUT2D eigenvalue weighted by Gasteiger charge is 2.68. The van der Waals surface area contributed by atoms with E-state index in [0.29, 0.717) is 29.1 Å². The van der Waals surface area contributed by atoms with Gasteiger partial charge in [0.05, 0.1) is 10.3 Å². The van der Waals surface area contributed by atoms with Gasteiger partial charge >= 0.3 is 5.97 Å². The second-order valence-electron chi connectivity index (χ2n) is 15.3. The first-order chi connectivity index (χ1) is 16.7. The van der Waals surface area contributed by atoms with E-state index in [9.17, 15) is 4.79 Å². The smallest absolute Gasteiger partial charge is 0.302 e. The Hall–Kier alpha value is 0.0500. The lowest BCUT2D eigenvalue weighted by molar-refractivity contribution is -0.156. The number of carbonyl (C=O) groups is 1. The fourth-order valence-corrected chi connectivity index (χ4v) is 12.2. The van der Waals surface area contributed by atoms with Crippen LogP contribution in [0.4, 0.5) is 0 Å². The lowest BCUT2D eigenvalue weighted by atomic mass is 9.44. The van der Waals surface area contributed by atoms with Crippen molar-refractivity contribution in [3.63, 3.8) is 0 Å². The first kappa shape index (κ1) is 27.6. The van der Waals surface area contributed by atoms with E-state index >= 15 is 0 Å². The number of ether oxygens (including phenoxy) is 1. The van der Waals surface area contributed by atoms with Gasteiger partial charge in [0.25, 0.3) is 0 Å². The molecule has 5 fully saturated rings. The number of rotatable bonds is 5. The molecule has 0 aromatic heterocycles. The normalized spacial score (nSPS) is 53.7. The highest BCUT2D eigenvalue weighted by atomic mass is 35.5. The van der Waals surface area contributed by atoms with Crippen molar-refractivity contribution in [2.75, 3.05) is 0 Å². The average molecular weight is 540 g/mol. The van der Waals surface area contributed by atoms with Crippen LogP contribution in [0.25, 0.3) is 0 Å². The molecule has 0 aliphatic heterocycles. The molecule has 0 saturated heterocycles. The number of hydrogen-bond acceptors (Lipinski definition) is 2. The van der Waals surface area contributed by atoms with Crippen molar-refractivity contribution < 1.29 is 9.53 Å². The van der Waals surface area contributed by atoms with E-state index in [1.54, 1.807) is 0 Å². The minimum absolute atomic E-state index is 0.0212. The summed E-state index contributed by atoms with van der Waals surface area (Å²) in [5.41, 5.74) is 1.00. The molecule has 0 amide bonds. The Bertz CT molecular complexity index is 874. The molecule has 2 nitrogen and oxygen atoms in total. The number of fused-ring (bicyclic) bond motifs is 5. The summed E-state index contributed by atoms with van der Waals surface area (Å²) in [6.45, 7) is 19.1. The Morgan fingerprint density at radius 3 is 2.25 bits per heavy atom. The first-order valence-electron chi connectivity index (χ1n) is 15.2. The summed E-state index contributed by atoms with van der Waals surface area (Å²) in [5.74, 6) is 6.04. The second kappa shape index (κ2) is 9.04. The maximum Gasteiger partial charge on any atom is 0.302 e. The Morgan fingerprint density at radius 2 is 1.61 bits per heavy atom. The van der Waals surface area contributed by atoms with E-state index in [1.165, 1.54) is 39.0 Å². The zero-order valence-electron chi connectivity index (χ0n) is 24.2. The van der Waals surface area contributed by atoms with Gasteiger partial charge in [-0.05, 0) is 115 Å². The number of hydrogen-bond donors (Lipinski definition) is 0. The minimum atomic E-state index is -0.476. The zero-order chi connectivity index (χ0) is 26.4. The Labute approximate surface area is 231 Å². The molecule has 0 aromatic carbocycles. The highest BCUT2D eigenvalue weighted by Crippen LogP contribution is 2.73. The number of esters is 1. The maximum atomic E-state index is 11.7. The van der Waals surface area contributed by atoms with Crippen molar-refractivity contribution >= 4 is 29.2 Å². The van der Waals surface area contributed by atoms with E-state index < -0.39 is 4.87 Å². The summed E-state index contributed by atoms with van der Waals surface area (Å²) >= 11 is 14.8. The Morgan fingerprint density at radius 1 is 0.917 bits per heavy atom. The van der Waals surface area contributed by atoms with Crippen molar-refractivity contribution in [3.8, 4) is 0 Å². The monoisotopic (exact) mass is 538 g/mol. The van der Waals surface area contributed by atoms with Gasteiger partial charge in [0.1, 0.15) is 6.10 Å². The van der Waals surface area contributed by atoms with Crippen molar-refractivity contribution in [2.24, 2.45) is 63.6 Å². The standard InChI is InChI=1S/C32H52Cl2O2/c1-18(2)20(4)30(7)17-27(30)19(3)24-9-10-25-23-15-28(33)32(34)16-22(36-21(5)35)11-14-31(32,8)26(23)12-13-29(24,25)6/h18-20,22-28H,9-17H2,1-8H3/t19-,20?,22-,23-,24+,25-,26-,27+,28?,29+,30+,31+,32-/m0/s1. The van der Waals surface area contributed by atoms with Crippen LogP contribution < -0.4 is 0 Å². The molecule has 0 N–H and O–H groups in total. The van der Waals surface area contributed by atoms with E-state index in [1.807, 2.05) is 0 Å². The van der Waals surface area contributed by atoms with Gasteiger partial charge < -0.3 is 4.74 Å². The largest absolute Gasteiger partial charge is 0.462 e. The van der Waals surface area contributed by atoms with Gasteiger partial charge in [-0.15, -0.1) is 23.2 Å². The van der Waals surface area contributed by atoms with E-state index in [2.05, 4.69) is 48.5 Å². The van der Waals surface area contributed by atoms with Gasteiger partial charge in [-0.2, -0.15) is 0 Å². The highest BCUT2D eigenvalue weighted by molar-refractivity contribution is 6.33. The van der Waals surface area contributed by atoms with Crippen LogP contribution in [0.3, 0.4) is 0 Å². The molecule has 0 heterocycles. The van der Waals surface area contributed by atoms with Gasteiger partial charge in [-0.1, -0.05) is 48.5 Å². The predicted octanol–water partition coefficient (Wildman–Crippen LogP) is 9.11. The third kappa shape index (κ3) is 3.87. The van der Waals surface area contributed by atoms with Crippen molar-refractivity contribution in [1.29, 1.82) is 0 Å². The molecule has 5 aliphatic rings. The number of carbonyl (C=O) groups excluding carboxylic acids is 1. The van der Waals surface area contributed by atoms with Gasteiger partial charge in [0.15, 0.2) is 0 Å². The summed E-state index contributed by atoms with van der Waals surface area (Å²) in [7, 11) is 0. The van der Waals surface area contributed by atoms with Crippen LogP contribution in [0, 0.1) is 63.6 Å². The zero-order valence-corrected chi connectivity index (χ0v) is 25.7. The summed E-state index contributed by atoms with van der Waals surface area (Å²) in [4.78, 5) is 11.2. The third-order valence-corrected chi connectivity index (χ3v) is 15.3. The van der Waals surface area contributed by atoms with Crippen LogP contribution in [-0.4, -0.2) is 22.3 Å². The summed E-state index contributed by atoms with van der Waals surface area (Å²) in [5, 5.41) is -0.0544. The van der Waals surface area contributed by atoms with E-state index in [4.69, 9.17) is 27.9 Å². The summed E-state index contributed by atoms with van der Waals surface area (Å²) in [6.07, 6.45) is 10.4. The quantitative estimate of drug-likeness (QED) is 0.257.